The number of para-hydroxylation sites is 2. The van der Waals surface area contributed by atoms with Gasteiger partial charge in [0.1, 0.15) is 11.9 Å². The minimum Gasteiger partial charge on any atom is -0.446 e. The number of Topliss-reactive ketones (excluding diaryl/α,β-unsaturated/α-hetero) is 1. The molecule has 0 saturated carbocycles. The molecule has 5 rings (SSSR count). The number of imidazole rings is 1. The molecule has 3 aromatic carbocycles. The van der Waals surface area contributed by atoms with Gasteiger partial charge in [0.25, 0.3) is 5.91 Å². The summed E-state index contributed by atoms with van der Waals surface area (Å²) in [5.41, 5.74) is 4.45. The molecule has 0 bridgehead atoms. The molecule has 1 saturated heterocycles. The summed E-state index contributed by atoms with van der Waals surface area (Å²) in [6.07, 6.45) is 0.268. The fraction of sp³-hybridized carbons (Fsp3) is 0.267. The molecule has 4 aromatic rings. The lowest BCUT2D eigenvalue weighted by atomic mass is 10.0. The number of hydrogen-bond donors (Lipinski definition) is 2. The number of fused-ring (bicyclic) bond motifs is 1. The molecule has 0 spiro atoms. The minimum atomic E-state index is -0.565. The zero-order valence-electron chi connectivity index (χ0n) is 21.4. The standard InChI is InChI=1S/C30H30N4O4/c1-19(2)27(35)22-6-5-7-23(18-22)31-30(37)38-24-14-16-34(17-15-24)29(36)21-12-10-20(11-13-21)28-32-25-8-3-4-9-26(25)33-28/h3-13,18-19,24H,14-17H2,1-2H3,(H,31,37)(H,32,33). The van der Waals surface area contributed by atoms with Crippen molar-refractivity contribution >= 4 is 34.5 Å². The number of hydrogen-bond acceptors (Lipinski definition) is 5. The second-order valence-corrected chi connectivity index (χ2v) is 9.80. The van der Waals surface area contributed by atoms with Gasteiger partial charge in [0.05, 0.1) is 11.0 Å². The van der Waals surface area contributed by atoms with Crippen LogP contribution in [0.25, 0.3) is 22.4 Å². The van der Waals surface area contributed by atoms with E-state index in [-0.39, 0.29) is 23.7 Å². The Morgan fingerprint density at radius 2 is 1.68 bits per heavy atom. The largest absolute Gasteiger partial charge is 0.446 e. The molecule has 194 valence electrons. The monoisotopic (exact) mass is 510 g/mol. The van der Waals surface area contributed by atoms with Crippen molar-refractivity contribution in [3.8, 4) is 11.4 Å². The van der Waals surface area contributed by atoms with E-state index < -0.39 is 6.09 Å². The van der Waals surface area contributed by atoms with Gasteiger partial charge in [0.15, 0.2) is 5.78 Å². The van der Waals surface area contributed by atoms with Crippen molar-refractivity contribution in [1.29, 1.82) is 0 Å². The third-order valence-corrected chi connectivity index (χ3v) is 6.72. The van der Waals surface area contributed by atoms with E-state index in [0.717, 1.165) is 22.4 Å². The van der Waals surface area contributed by atoms with E-state index in [0.29, 0.717) is 42.7 Å². The number of carbonyl (C=O) groups excluding carboxylic acids is 3. The lowest BCUT2D eigenvalue weighted by Gasteiger charge is -2.31. The van der Waals surface area contributed by atoms with Crippen molar-refractivity contribution in [3.63, 3.8) is 0 Å². The minimum absolute atomic E-state index is 0.0169. The number of H-pyrrole nitrogens is 1. The van der Waals surface area contributed by atoms with Gasteiger partial charge >= 0.3 is 6.09 Å². The Morgan fingerprint density at radius 3 is 2.39 bits per heavy atom. The van der Waals surface area contributed by atoms with Crippen LogP contribution in [0.4, 0.5) is 10.5 Å². The van der Waals surface area contributed by atoms with Crippen LogP contribution in [0.15, 0.2) is 72.8 Å². The van der Waals surface area contributed by atoms with Crippen LogP contribution in [0.1, 0.15) is 47.4 Å². The molecule has 38 heavy (non-hydrogen) atoms. The number of aromatic amines is 1. The van der Waals surface area contributed by atoms with Gasteiger partial charge in [-0.05, 0) is 36.4 Å². The zero-order chi connectivity index (χ0) is 26.6. The quantitative estimate of drug-likeness (QED) is 0.313. The van der Waals surface area contributed by atoms with Gasteiger partial charge in [-0.2, -0.15) is 0 Å². The first kappa shape index (κ1) is 25.2. The molecule has 1 aromatic heterocycles. The van der Waals surface area contributed by atoms with Gasteiger partial charge < -0.3 is 14.6 Å². The second-order valence-electron chi connectivity index (χ2n) is 9.80. The third kappa shape index (κ3) is 5.59. The van der Waals surface area contributed by atoms with E-state index in [1.54, 1.807) is 29.2 Å². The Hall–Kier alpha value is -4.46. The number of carbonyl (C=O) groups is 3. The van der Waals surface area contributed by atoms with Crippen LogP contribution in [0, 0.1) is 5.92 Å². The molecule has 8 heteroatoms. The highest BCUT2D eigenvalue weighted by atomic mass is 16.6. The number of anilines is 1. The molecular formula is C30H30N4O4. The van der Waals surface area contributed by atoms with Crippen molar-refractivity contribution < 1.29 is 19.1 Å². The Labute approximate surface area is 221 Å². The first-order valence-electron chi connectivity index (χ1n) is 12.8. The molecule has 1 aliphatic rings. The van der Waals surface area contributed by atoms with Gasteiger partial charge in [0, 0.05) is 54.2 Å². The number of ether oxygens (including phenoxy) is 1. The summed E-state index contributed by atoms with van der Waals surface area (Å²) in [5.74, 6) is 0.609. The SMILES string of the molecule is CC(C)C(=O)c1cccc(NC(=O)OC2CCN(C(=O)c3ccc(-c4nc5ccccc5[nH]4)cc3)CC2)c1. The van der Waals surface area contributed by atoms with E-state index in [9.17, 15) is 14.4 Å². The van der Waals surface area contributed by atoms with Crippen molar-refractivity contribution in [2.24, 2.45) is 5.92 Å². The highest BCUT2D eigenvalue weighted by Gasteiger charge is 2.26. The number of amides is 2. The molecule has 2 amide bonds. The number of ketones is 1. The van der Waals surface area contributed by atoms with Crippen LogP contribution in [0.3, 0.4) is 0 Å². The fourth-order valence-corrected chi connectivity index (χ4v) is 4.60. The van der Waals surface area contributed by atoms with Gasteiger partial charge in [-0.15, -0.1) is 0 Å². The van der Waals surface area contributed by atoms with Crippen molar-refractivity contribution in [2.45, 2.75) is 32.8 Å². The molecule has 0 aliphatic carbocycles. The molecule has 0 atom stereocenters. The number of benzene rings is 3. The van der Waals surface area contributed by atoms with E-state index >= 15 is 0 Å². The van der Waals surface area contributed by atoms with E-state index in [2.05, 4.69) is 15.3 Å². The lowest BCUT2D eigenvalue weighted by molar-refractivity contribution is 0.0468. The molecule has 0 unspecified atom stereocenters. The zero-order valence-corrected chi connectivity index (χ0v) is 21.4. The van der Waals surface area contributed by atoms with Crippen LogP contribution in [-0.2, 0) is 4.74 Å². The maximum Gasteiger partial charge on any atom is 0.411 e. The number of piperidine rings is 1. The average Bonchev–Trinajstić information content (AvgIpc) is 3.37. The van der Waals surface area contributed by atoms with Gasteiger partial charge in [-0.1, -0.05) is 50.2 Å². The van der Waals surface area contributed by atoms with E-state index in [4.69, 9.17) is 4.74 Å². The van der Waals surface area contributed by atoms with E-state index in [1.165, 1.54) is 0 Å². The molecule has 1 fully saturated rings. The van der Waals surface area contributed by atoms with Crippen LogP contribution in [-0.4, -0.2) is 51.8 Å². The summed E-state index contributed by atoms with van der Waals surface area (Å²) < 4.78 is 5.58. The predicted octanol–water partition coefficient (Wildman–Crippen LogP) is 5.92. The first-order chi connectivity index (χ1) is 18.4. The van der Waals surface area contributed by atoms with Crippen LogP contribution in [0.5, 0.6) is 0 Å². The highest BCUT2D eigenvalue weighted by Crippen LogP contribution is 2.23. The molecule has 1 aliphatic heterocycles. The fourth-order valence-electron chi connectivity index (χ4n) is 4.60. The number of likely N-dealkylation sites (tertiary alicyclic amines) is 1. The number of aromatic nitrogens is 2. The van der Waals surface area contributed by atoms with Crippen LogP contribution >= 0.6 is 0 Å². The Kier molecular flexibility index (Phi) is 7.22. The maximum atomic E-state index is 13.0. The normalized spacial score (nSPS) is 14.0. The van der Waals surface area contributed by atoms with Gasteiger partial charge in [-0.25, -0.2) is 9.78 Å². The molecule has 2 heterocycles. The number of rotatable bonds is 6. The average molecular weight is 511 g/mol. The summed E-state index contributed by atoms with van der Waals surface area (Å²) in [4.78, 5) is 47.4. The van der Waals surface area contributed by atoms with Crippen molar-refractivity contribution in [1.82, 2.24) is 14.9 Å². The van der Waals surface area contributed by atoms with Crippen molar-refractivity contribution in [3.05, 3.63) is 83.9 Å². The third-order valence-electron chi connectivity index (χ3n) is 6.72. The lowest BCUT2D eigenvalue weighted by Crippen LogP contribution is -2.41. The van der Waals surface area contributed by atoms with Gasteiger partial charge in [-0.3, -0.25) is 14.9 Å². The smallest absolute Gasteiger partial charge is 0.411 e. The molecular weight excluding hydrogens is 480 g/mol. The summed E-state index contributed by atoms with van der Waals surface area (Å²) in [6.45, 7) is 4.68. The second kappa shape index (κ2) is 10.9. The number of nitrogens with zero attached hydrogens (tertiary/aromatic N) is 2. The predicted molar refractivity (Wildman–Crippen MR) is 146 cm³/mol. The first-order valence-corrected chi connectivity index (χ1v) is 12.8. The molecule has 2 N–H and O–H groups in total. The van der Waals surface area contributed by atoms with Gasteiger partial charge in [0.2, 0.25) is 0 Å². The summed E-state index contributed by atoms with van der Waals surface area (Å²) >= 11 is 0. The Bertz CT molecular complexity index is 1430. The topological polar surface area (TPSA) is 104 Å². The Balaban J connectivity index is 1.13. The molecule has 8 nitrogen and oxygen atoms in total. The maximum absolute atomic E-state index is 13.0. The highest BCUT2D eigenvalue weighted by molar-refractivity contribution is 5.99. The number of nitrogens with one attached hydrogen (secondary N) is 2. The van der Waals surface area contributed by atoms with Crippen molar-refractivity contribution in [2.75, 3.05) is 18.4 Å². The van der Waals surface area contributed by atoms with Crippen LogP contribution < -0.4 is 5.32 Å². The molecule has 0 radical (unpaired) electrons. The summed E-state index contributed by atoms with van der Waals surface area (Å²) in [6, 6.07) is 22.1. The summed E-state index contributed by atoms with van der Waals surface area (Å²) in [5, 5.41) is 2.71. The van der Waals surface area contributed by atoms with Crippen LogP contribution in [0.2, 0.25) is 0 Å². The Morgan fingerprint density at radius 1 is 0.947 bits per heavy atom. The van der Waals surface area contributed by atoms with E-state index in [1.807, 2.05) is 62.4 Å². The summed E-state index contributed by atoms with van der Waals surface area (Å²) in [7, 11) is 0.